The van der Waals surface area contributed by atoms with Gasteiger partial charge in [-0.1, -0.05) is 29.8 Å². The van der Waals surface area contributed by atoms with Crippen molar-refractivity contribution in [1.82, 2.24) is 15.1 Å². The van der Waals surface area contributed by atoms with Crippen LogP contribution in [0.4, 0.5) is 0 Å². The highest BCUT2D eigenvalue weighted by molar-refractivity contribution is 7.16. The van der Waals surface area contributed by atoms with Crippen molar-refractivity contribution < 1.29 is 0 Å². The van der Waals surface area contributed by atoms with E-state index in [9.17, 15) is 0 Å². The Balaban J connectivity index is 1.92. The van der Waals surface area contributed by atoms with E-state index in [4.69, 9.17) is 11.6 Å². The summed E-state index contributed by atoms with van der Waals surface area (Å²) >= 11 is 7.61. The Kier molecular flexibility index (Phi) is 3.87. The number of halogens is 1. The molecule has 5 heteroatoms. The molecule has 0 amide bonds. The van der Waals surface area contributed by atoms with E-state index in [0.717, 1.165) is 15.6 Å². The molecule has 1 unspecified atom stereocenters. The Bertz CT molecular complexity index is 690. The number of para-hydroxylation sites is 1. The van der Waals surface area contributed by atoms with Crippen LogP contribution in [0.25, 0.3) is 5.69 Å². The fraction of sp³-hybridized carbons (Fsp3) is 0.133. The summed E-state index contributed by atoms with van der Waals surface area (Å²) in [6.07, 6.45) is 3.94. The van der Waals surface area contributed by atoms with Crippen molar-refractivity contribution >= 4 is 22.9 Å². The zero-order valence-corrected chi connectivity index (χ0v) is 12.5. The molecule has 1 N–H and O–H groups in total. The maximum atomic E-state index is 6.02. The van der Waals surface area contributed by atoms with Crippen LogP contribution in [0, 0.1) is 0 Å². The molecule has 0 aliphatic carbocycles. The summed E-state index contributed by atoms with van der Waals surface area (Å²) in [5, 5.41) is 7.75. The first kappa shape index (κ1) is 13.4. The zero-order valence-electron chi connectivity index (χ0n) is 11.0. The quantitative estimate of drug-likeness (QED) is 0.792. The average molecular weight is 304 g/mol. The third-order valence-corrected chi connectivity index (χ3v) is 4.42. The van der Waals surface area contributed by atoms with E-state index in [2.05, 4.69) is 10.4 Å². The molecule has 0 aliphatic heterocycles. The average Bonchev–Trinajstić information content (AvgIpc) is 3.11. The maximum absolute atomic E-state index is 6.02. The molecular formula is C15H14ClN3S. The molecule has 0 aliphatic rings. The predicted molar refractivity (Wildman–Crippen MR) is 83.8 cm³/mol. The largest absolute Gasteiger partial charge is 0.309 e. The molecule has 0 radical (unpaired) electrons. The molecule has 1 aromatic carbocycles. The number of nitrogens with zero attached hydrogens (tertiary/aromatic N) is 2. The number of rotatable bonds is 4. The smallest absolute Gasteiger partial charge is 0.0931 e. The minimum atomic E-state index is 0.116. The molecule has 2 aromatic heterocycles. The maximum Gasteiger partial charge on any atom is 0.0931 e. The Morgan fingerprint density at radius 3 is 2.65 bits per heavy atom. The molecule has 20 heavy (non-hydrogen) atoms. The topological polar surface area (TPSA) is 29.9 Å². The molecule has 102 valence electrons. The number of hydrogen-bond donors (Lipinski definition) is 1. The van der Waals surface area contributed by atoms with E-state index < -0.39 is 0 Å². The van der Waals surface area contributed by atoms with Gasteiger partial charge in [0.25, 0.3) is 0 Å². The first-order valence-corrected chi connectivity index (χ1v) is 7.50. The normalized spacial score (nSPS) is 12.5. The van der Waals surface area contributed by atoms with Crippen LogP contribution in [-0.2, 0) is 0 Å². The Morgan fingerprint density at radius 1 is 1.20 bits per heavy atom. The van der Waals surface area contributed by atoms with Gasteiger partial charge in [0.05, 0.1) is 22.3 Å². The van der Waals surface area contributed by atoms with Crippen molar-refractivity contribution in [2.45, 2.75) is 6.04 Å². The molecule has 0 bridgehead atoms. The molecule has 1 atom stereocenters. The molecule has 3 aromatic rings. The highest BCUT2D eigenvalue weighted by Crippen LogP contribution is 2.30. The van der Waals surface area contributed by atoms with E-state index >= 15 is 0 Å². The SMILES string of the molecule is CNC(c1cnn(-c2ccccc2)c1)c1ccc(Cl)s1. The fourth-order valence-electron chi connectivity index (χ4n) is 2.16. The van der Waals surface area contributed by atoms with Crippen molar-refractivity contribution in [2.24, 2.45) is 0 Å². The van der Waals surface area contributed by atoms with Gasteiger partial charge in [-0.25, -0.2) is 4.68 Å². The number of hydrogen-bond acceptors (Lipinski definition) is 3. The van der Waals surface area contributed by atoms with Gasteiger partial charge in [-0.2, -0.15) is 5.10 Å². The van der Waals surface area contributed by atoms with Crippen molar-refractivity contribution in [3.05, 3.63) is 69.6 Å². The van der Waals surface area contributed by atoms with Crippen LogP contribution in [0.3, 0.4) is 0 Å². The van der Waals surface area contributed by atoms with Crippen LogP contribution in [0.15, 0.2) is 54.9 Å². The van der Waals surface area contributed by atoms with Gasteiger partial charge in [-0.3, -0.25) is 0 Å². The first-order valence-electron chi connectivity index (χ1n) is 6.30. The second-order valence-electron chi connectivity index (χ2n) is 4.42. The zero-order chi connectivity index (χ0) is 13.9. The van der Waals surface area contributed by atoms with E-state index in [1.165, 1.54) is 4.88 Å². The van der Waals surface area contributed by atoms with Crippen molar-refractivity contribution in [3.8, 4) is 5.69 Å². The monoisotopic (exact) mass is 303 g/mol. The Morgan fingerprint density at radius 2 is 2.00 bits per heavy atom. The lowest BCUT2D eigenvalue weighted by Crippen LogP contribution is -2.15. The lowest BCUT2D eigenvalue weighted by molar-refractivity contribution is 0.703. The minimum Gasteiger partial charge on any atom is -0.309 e. The minimum absolute atomic E-state index is 0.116. The summed E-state index contributed by atoms with van der Waals surface area (Å²) in [6.45, 7) is 0. The molecule has 2 heterocycles. The van der Waals surface area contributed by atoms with Crippen LogP contribution >= 0.6 is 22.9 Å². The van der Waals surface area contributed by atoms with Gasteiger partial charge in [0.15, 0.2) is 0 Å². The van der Waals surface area contributed by atoms with Crippen LogP contribution < -0.4 is 5.32 Å². The highest BCUT2D eigenvalue weighted by Gasteiger charge is 2.16. The number of benzene rings is 1. The first-order chi connectivity index (χ1) is 9.78. The fourth-order valence-corrected chi connectivity index (χ4v) is 3.36. The number of thiophene rings is 1. The summed E-state index contributed by atoms with van der Waals surface area (Å²) in [5.41, 5.74) is 2.17. The van der Waals surface area contributed by atoms with Crippen molar-refractivity contribution in [3.63, 3.8) is 0 Å². The summed E-state index contributed by atoms with van der Waals surface area (Å²) in [4.78, 5) is 1.19. The second kappa shape index (κ2) is 5.79. The van der Waals surface area contributed by atoms with Crippen molar-refractivity contribution in [2.75, 3.05) is 7.05 Å². The Hall–Kier alpha value is -1.62. The predicted octanol–water partition coefficient (Wildman–Crippen LogP) is 3.90. The summed E-state index contributed by atoms with van der Waals surface area (Å²) in [6, 6.07) is 14.2. The molecule has 0 saturated heterocycles. The van der Waals surface area contributed by atoms with E-state index in [1.807, 2.05) is 66.6 Å². The van der Waals surface area contributed by atoms with Gasteiger partial charge < -0.3 is 5.32 Å². The Labute approximate surface area is 126 Å². The van der Waals surface area contributed by atoms with E-state index in [0.29, 0.717) is 0 Å². The molecule has 3 nitrogen and oxygen atoms in total. The van der Waals surface area contributed by atoms with Crippen LogP contribution in [0.5, 0.6) is 0 Å². The van der Waals surface area contributed by atoms with Crippen LogP contribution in [0.1, 0.15) is 16.5 Å². The molecule has 0 saturated carbocycles. The van der Waals surface area contributed by atoms with Gasteiger partial charge in [0, 0.05) is 16.6 Å². The molecule has 3 rings (SSSR count). The lowest BCUT2D eigenvalue weighted by atomic mass is 10.1. The van der Waals surface area contributed by atoms with Gasteiger partial charge in [-0.05, 0) is 31.3 Å². The summed E-state index contributed by atoms with van der Waals surface area (Å²) < 4.78 is 2.69. The second-order valence-corrected chi connectivity index (χ2v) is 6.16. The standard InChI is InChI=1S/C15H14ClN3S/c1-17-15(13-7-8-14(16)20-13)11-9-18-19(10-11)12-5-3-2-4-6-12/h2-10,15,17H,1H3. The summed E-state index contributed by atoms with van der Waals surface area (Å²) in [7, 11) is 1.94. The molecule has 0 fully saturated rings. The number of aromatic nitrogens is 2. The lowest BCUT2D eigenvalue weighted by Gasteiger charge is -2.11. The van der Waals surface area contributed by atoms with Gasteiger partial charge in [0.2, 0.25) is 0 Å². The van der Waals surface area contributed by atoms with Crippen LogP contribution in [0.2, 0.25) is 4.34 Å². The summed E-state index contributed by atoms with van der Waals surface area (Å²) in [5.74, 6) is 0. The van der Waals surface area contributed by atoms with Gasteiger partial charge >= 0.3 is 0 Å². The van der Waals surface area contributed by atoms with Crippen molar-refractivity contribution in [1.29, 1.82) is 0 Å². The van der Waals surface area contributed by atoms with Gasteiger partial charge in [0.1, 0.15) is 0 Å². The number of nitrogens with one attached hydrogen (secondary N) is 1. The van der Waals surface area contributed by atoms with E-state index in [-0.39, 0.29) is 6.04 Å². The molecule has 0 spiro atoms. The van der Waals surface area contributed by atoms with Crippen LogP contribution in [-0.4, -0.2) is 16.8 Å². The molecular weight excluding hydrogens is 290 g/mol. The third kappa shape index (κ3) is 2.63. The highest BCUT2D eigenvalue weighted by atomic mass is 35.5. The van der Waals surface area contributed by atoms with Gasteiger partial charge in [-0.15, -0.1) is 11.3 Å². The van der Waals surface area contributed by atoms with E-state index in [1.54, 1.807) is 11.3 Å². The third-order valence-electron chi connectivity index (χ3n) is 3.12.